The summed E-state index contributed by atoms with van der Waals surface area (Å²) in [6.07, 6.45) is 5.28. The van der Waals surface area contributed by atoms with Gasteiger partial charge in [-0.25, -0.2) is 8.42 Å². The van der Waals surface area contributed by atoms with Crippen molar-refractivity contribution in [3.63, 3.8) is 0 Å². The van der Waals surface area contributed by atoms with Crippen molar-refractivity contribution >= 4 is 10.0 Å². The molecule has 0 amide bonds. The number of hydrogen-bond donors (Lipinski definition) is 1. The molecule has 2 rings (SSSR count). The summed E-state index contributed by atoms with van der Waals surface area (Å²) >= 11 is 0. The molecule has 0 unspecified atom stereocenters. The predicted octanol–water partition coefficient (Wildman–Crippen LogP) is 2.08. The fourth-order valence-electron chi connectivity index (χ4n) is 2.72. The fraction of sp³-hybridized carbons (Fsp3) is 0.692. The Hall–Kier alpha value is -0.850. The topological polar surface area (TPSA) is 76.5 Å². The zero-order valence-electron chi connectivity index (χ0n) is 11.3. The van der Waals surface area contributed by atoms with E-state index in [-0.39, 0.29) is 17.7 Å². The van der Waals surface area contributed by atoms with Crippen molar-refractivity contribution in [2.24, 2.45) is 5.73 Å². The predicted molar refractivity (Wildman–Crippen MR) is 73.0 cm³/mol. The monoisotopic (exact) mass is 286 g/mol. The minimum atomic E-state index is -3.53. The zero-order chi connectivity index (χ0) is 13.9. The van der Waals surface area contributed by atoms with E-state index in [0.29, 0.717) is 12.3 Å². The van der Waals surface area contributed by atoms with Gasteiger partial charge in [0.15, 0.2) is 0 Å². The van der Waals surface area contributed by atoms with Crippen LogP contribution in [-0.4, -0.2) is 25.3 Å². The van der Waals surface area contributed by atoms with Crippen molar-refractivity contribution in [3.8, 4) is 0 Å². The molecule has 0 spiro atoms. The van der Waals surface area contributed by atoms with Gasteiger partial charge < -0.3 is 10.2 Å². The average molecular weight is 286 g/mol. The van der Waals surface area contributed by atoms with E-state index in [1.54, 1.807) is 10.4 Å². The molecule has 1 fully saturated rings. The Kier molecular flexibility index (Phi) is 4.65. The van der Waals surface area contributed by atoms with E-state index < -0.39 is 10.0 Å². The van der Waals surface area contributed by atoms with Crippen LogP contribution in [0.15, 0.2) is 21.6 Å². The van der Waals surface area contributed by atoms with Crippen molar-refractivity contribution in [2.45, 2.75) is 56.7 Å². The van der Waals surface area contributed by atoms with Crippen LogP contribution in [0.25, 0.3) is 0 Å². The van der Waals surface area contributed by atoms with E-state index >= 15 is 0 Å². The highest BCUT2D eigenvalue weighted by molar-refractivity contribution is 7.89. The van der Waals surface area contributed by atoms with E-state index in [9.17, 15) is 8.42 Å². The van der Waals surface area contributed by atoms with Crippen LogP contribution < -0.4 is 5.73 Å². The molecule has 5 nitrogen and oxygen atoms in total. The zero-order valence-corrected chi connectivity index (χ0v) is 12.2. The third kappa shape index (κ3) is 3.01. The summed E-state index contributed by atoms with van der Waals surface area (Å²) in [4.78, 5) is 0. The third-order valence-electron chi connectivity index (χ3n) is 3.69. The Bertz CT molecular complexity index is 504. The summed E-state index contributed by atoms with van der Waals surface area (Å²) < 4.78 is 32.1. The van der Waals surface area contributed by atoms with Gasteiger partial charge >= 0.3 is 0 Å². The van der Waals surface area contributed by atoms with Crippen LogP contribution in [-0.2, 0) is 16.6 Å². The lowest BCUT2D eigenvalue weighted by Crippen LogP contribution is -2.41. The maximum absolute atomic E-state index is 12.6. The van der Waals surface area contributed by atoms with Gasteiger partial charge in [-0.15, -0.1) is 0 Å². The molecule has 6 heteroatoms. The second kappa shape index (κ2) is 6.07. The molecule has 0 aliphatic heterocycles. The Morgan fingerprint density at radius 1 is 1.32 bits per heavy atom. The van der Waals surface area contributed by atoms with Gasteiger partial charge in [-0.2, -0.15) is 4.31 Å². The highest BCUT2D eigenvalue weighted by Crippen LogP contribution is 2.28. The third-order valence-corrected chi connectivity index (χ3v) is 5.60. The molecule has 0 saturated heterocycles. The molecule has 0 aromatic carbocycles. The van der Waals surface area contributed by atoms with Gasteiger partial charge in [0.25, 0.3) is 10.0 Å². The number of nitrogens with zero attached hydrogens (tertiary/aromatic N) is 1. The highest BCUT2D eigenvalue weighted by atomic mass is 32.2. The lowest BCUT2D eigenvalue weighted by atomic mass is 9.95. The first-order chi connectivity index (χ1) is 9.09. The van der Waals surface area contributed by atoms with Gasteiger partial charge in [0.1, 0.15) is 5.76 Å². The van der Waals surface area contributed by atoms with E-state index in [1.165, 1.54) is 12.5 Å². The number of nitrogens with two attached hydrogens (primary N) is 1. The first kappa shape index (κ1) is 14.6. The van der Waals surface area contributed by atoms with Gasteiger partial charge in [-0.3, -0.25) is 0 Å². The van der Waals surface area contributed by atoms with Crippen LogP contribution in [0.1, 0.15) is 44.8 Å². The first-order valence-electron chi connectivity index (χ1n) is 6.90. The summed E-state index contributed by atoms with van der Waals surface area (Å²) in [7, 11) is -3.53. The molecule has 1 aromatic rings. The number of sulfonamides is 1. The second-order valence-corrected chi connectivity index (χ2v) is 6.75. The van der Waals surface area contributed by atoms with E-state index in [4.69, 9.17) is 10.2 Å². The van der Waals surface area contributed by atoms with Crippen LogP contribution in [0.2, 0.25) is 0 Å². The first-order valence-corrected chi connectivity index (χ1v) is 8.34. The maximum Gasteiger partial charge on any atom is 0.276 e. The van der Waals surface area contributed by atoms with Crippen molar-refractivity contribution in [2.75, 3.05) is 6.54 Å². The van der Waals surface area contributed by atoms with Crippen molar-refractivity contribution in [1.82, 2.24) is 4.31 Å². The molecule has 0 atom stereocenters. The van der Waals surface area contributed by atoms with Crippen LogP contribution in [0.5, 0.6) is 0 Å². The molecule has 1 aliphatic carbocycles. The molecule has 19 heavy (non-hydrogen) atoms. The van der Waals surface area contributed by atoms with Crippen LogP contribution >= 0.6 is 0 Å². The van der Waals surface area contributed by atoms with E-state index in [1.807, 2.05) is 6.92 Å². The smallest absolute Gasteiger partial charge is 0.276 e. The second-order valence-electron chi connectivity index (χ2n) is 4.93. The normalized spacial score (nSPS) is 18.1. The molecule has 1 saturated carbocycles. The summed E-state index contributed by atoms with van der Waals surface area (Å²) in [6.45, 7) is 2.57. The molecule has 1 aliphatic rings. The summed E-state index contributed by atoms with van der Waals surface area (Å²) in [6, 6.07) is 3.24. The lowest BCUT2D eigenvalue weighted by Gasteiger charge is -2.31. The molecule has 1 heterocycles. The quantitative estimate of drug-likeness (QED) is 0.899. The van der Waals surface area contributed by atoms with Crippen molar-refractivity contribution in [3.05, 3.63) is 17.9 Å². The van der Waals surface area contributed by atoms with Crippen molar-refractivity contribution in [1.29, 1.82) is 0 Å². The van der Waals surface area contributed by atoms with Gasteiger partial charge in [0.2, 0.25) is 5.09 Å². The standard InChI is InChI=1S/C13H22N2O3S/c1-2-15(11-6-4-3-5-7-11)19(16,17)13-9-8-12(10-14)18-13/h8-9,11H,2-7,10,14H2,1H3. The van der Waals surface area contributed by atoms with Crippen LogP contribution in [0.4, 0.5) is 0 Å². The van der Waals surface area contributed by atoms with Crippen molar-refractivity contribution < 1.29 is 12.8 Å². The molecule has 108 valence electrons. The maximum atomic E-state index is 12.6. The Morgan fingerprint density at radius 2 is 2.00 bits per heavy atom. The Balaban J connectivity index is 2.24. The highest BCUT2D eigenvalue weighted by Gasteiger charge is 2.33. The van der Waals surface area contributed by atoms with E-state index in [0.717, 1.165) is 25.7 Å². The summed E-state index contributed by atoms with van der Waals surface area (Å²) in [5.41, 5.74) is 5.46. The van der Waals surface area contributed by atoms with Gasteiger partial charge in [-0.05, 0) is 25.0 Å². The van der Waals surface area contributed by atoms with E-state index in [2.05, 4.69) is 0 Å². The molecule has 0 radical (unpaired) electrons. The summed E-state index contributed by atoms with van der Waals surface area (Å²) in [5, 5.41) is 0.0142. The SMILES string of the molecule is CCN(C1CCCCC1)S(=O)(=O)c1ccc(CN)o1. The Morgan fingerprint density at radius 3 is 2.53 bits per heavy atom. The molecule has 1 aromatic heterocycles. The van der Waals surface area contributed by atoms with Gasteiger partial charge in [0, 0.05) is 12.6 Å². The lowest BCUT2D eigenvalue weighted by molar-refractivity contribution is 0.254. The summed E-state index contributed by atoms with van der Waals surface area (Å²) in [5.74, 6) is 0.498. The molecular weight excluding hydrogens is 264 g/mol. The average Bonchev–Trinajstić information content (AvgIpc) is 2.90. The van der Waals surface area contributed by atoms with Crippen LogP contribution in [0.3, 0.4) is 0 Å². The van der Waals surface area contributed by atoms with Gasteiger partial charge in [0.05, 0.1) is 6.54 Å². The molecule has 2 N–H and O–H groups in total. The molecular formula is C13H22N2O3S. The minimum Gasteiger partial charge on any atom is -0.447 e. The number of hydrogen-bond acceptors (Lipinski definition) is 4. The van der Waals surface area contributed by atoms with Crippen LogP contribution in [0, 0.1) is 0 Å². The minimum absolute atomic E-state index is 0.0142. The fourth-order valence-corrected chi connectivity index (χ4v) is 4.34. The van der Waals surface area contributed by atoms with Gasteiger partial charge in [-0.1, -0.05) is 26.2 Å². The molecule has 0 bridgehead atoms. The Labute approximate surface area is 114 Å². The largest absolute Gasteiger partial charge is 0.447 e. The number of rotatable bonds is 5. The number of furan rings is 1.